The Kier molecular flexibility index (Phi) is 6.40. The number of ether oxygens (including phenoxy) is 1. The number of rotatable bonds is 6. The molecule has 1 aromatic heterocycles. The second kappa shape index (κ2) is 8.39. The number of carbonyl (C=O) groups is 2. The first kappa shape index (κ1) is 21.4. The molecule has 1 heterocycles. The van der Waals surface area contributed by atoms with E-state index in [1.54, 1.807) is 6.92 Å². The van der Waals surface area contributed by atoms with Crippen molar-refractivity contribution >= 4 is 22.8 Å². The molecule has 28 heavy (non-hydrogen) atoms. The fraction of sp³-hybridized carbons (Fsp3) is 0.455. The predicted octanol–water partition coefficient (Wildman–Crippen LogP) is 3.71. The molecule has 0 saturated carbocycles. The molecule has 6 heteroatoms. The average molecular weight is 381 g/mol. The van der Waals surface area contributed by atoms with Gasteiger partial charge in [0.15, 0.2) is 6.10 Å². The molecule has 148 valence electrons. The van der Waals surface area contributed by atoms with E-state index in [2.05, 4.69) is 16.4 Å². The Bertz CT molecular complexity index is 946. The summed E-state index contributed by atoms with van der Waals surface area (Å²) in [6.07, 6.45) is -0.350. The lowest BCUT2D eigenvalue weighted by atomic mass is 9.90. The molecule has 0 aliphatic rings. The van der Waals surface area contributed by atoms with E-state index in [-0.39, 0.29) is 5.92 Å². The molecule has 0 bridgehead atoms. The van der Waals surface area contributed by atoms with Crippen molar-refractivity contribution in [2.24, 2.45) is 5.92 Å². The summed E-state index contributed by atoms with van der Waals surface area (Å²) >= 11 is 0. The Morgan fingerprint density at radius 3 is 2.50 bits per heavy atom. The highest BCUT2D eigenvalue weighted by atomic mass is 16.5. The van der Waals surface area contributed by atoms with Crippen LogP contribution in [0.4, 0.5) is 0 Å². The van der Waals surface area contributed by atoms with Gasteiger partial charge < -0.3 is 10.1 Å². The summed E-state index contributed by atoms with van der Waals surface area (Å²) in [4.78, 5) is 30.1. The second-order valence-electron chi connectivity index (χ2n) is 7.43. The fourth-order valence-corrected chi connectivity index (χ4v) is 2.90. The fourth-order valence-electron chi connectivity index (χ4n) is 2.90. The van der Waals surface area contributed by atoms with Gasteiger partial charge in [0.25, 0.3) is 5.91 Å². The second-order valence-corrected chi connectivity index (χ2v) is 7.43. The van der Waals surface area contributed by atoms with Crippen molar-refractivity contribution < 1.29 is 14.3 Å². The van der Waals surface area contributed by atoms with Gasteiger partial charge in [0.2, 0.25) is 0 Å². The molecule has 1 aromatic carbocycles. The number of nitrogens with one attached hydrogen (secondary N) is 1. The number of benzene rings is 1. The van der Waals surface area contributed by atoms with Crippen molar-refractivity contribution in [3.8, 4) is 6.07 Å². The van der Waals surface area contributed by atoms with E-state index >= 15 is 0 Å². The molecule has 0 saturated heterocycles. The predicted molar refractivity (Wildman–Crippen MR) is 108 cm³/mol. The highest BCUT2D eigenvalue weighted by Gasteiger charge is 2.33. The Labute approximate surface area is 165 Å². The number of aryl methyl sites for hydroxylation is 1. The van der Waals surface area contributed by atoms with Gasteiger partial charge in [0, 0.05) is 11.1 Å². The number of hydrogen-bond acceptors (Lipinski definition) is 5. The molecular weight excluding hydrogens is 354 g/mol. The summed E-state index contributed by atoms with van der Waals surface area (Å²) in [5.74, 6) is -1.17. The van der Waals surface area contributed by atoms with Gasteiger partial charge in [0.05, 0.1) is 17.1 Å². The van der Waals surface area contributed by atoms with E-state index in [0.717, 1.165) is 11.3 Å². The van der Waals surface area contributed by atoms with Crippen molar-refractivity contribution in [2.75, 3.05) is 0 Å². The van der Waals surface area contributed by atoms with Crippen molar-refractivity contribution in [3.05, 3.63) is 41.1 Å². The van der Waals surface area contributed by atoms with E-state index in [9.17, 15) is 14.9 Å². The van der Waals surface area contributed by atoms with Gasteiger partial charge in [-0.1, -0.05) is 39.0 Å². The average Bonchev–Trinajstić information content (AvgIpc) is 2.66. The Morgan fingerprint density at radius 1 is 1.29 bits per heavy atom. The zero-order valence-electron chi connectivity index (χ0n) is 17.3. The summed E-state index contributed by atoms with van der Waals surface area (Å²) in [6.45, 7) is 10.7. The highest BCUT2D eigenvalue weighted by molar-refractivity contribution is 6.05. The molecule has 2 aromatic rings. The lowest BCUT2D eigenvalue weighted by Crippen LogP contribution is -2.52. The SMILES string of the molecule is CCc1nc2ccccc2c(C(=O)O[C@@H](C)C(=O)N[C@](C)(C#N)C(C)C)c1C. The number of amides is 1. The van der Waals surface area contributed by atoms with Gasteiger partial charge in [-0.2, -0.15) is 5.26 Å². The number of fused-ring (bicyclic) bond motifs is 1. The molecule has 0 aliphatic carbocycles. The normalized spacial score (nSPS) is 14.2. The summed E-state index contributed by atoms with van der Waals surface area (Å²) in [5.41, 5.74) is 1.68. The molecule has 0 unspecified atom stereocenters. The van der Waals surface area contributed by atoms with Crippen molar-refractivity contribution in [3.63, 3.8) is 0 Å². The first-order valence-electron chi connectivity index (χ1n) is 9.47. The Morgan fingerprint density at radius 2 is 1.93 bits per heavy atom. The highest BCUT2D eigenvalue weighted by Crippen LogP contribution is 2.25. The van der Waals surface area contributed by atoms with E-state index in [1.165, 1.54) is 6.92 Å². The largest absolute Gasteiger partial charge is 0.449 e. The summed E-state index contributed by atoms with van der Waals surface area (Å²) in [7, 11) is 0. The maximum atomic E-state index is 12.9. The number of nitriles is 1. The molecule has 0 radical (unpaired) electrons. The molecule has 2 atom stereocenters. The topological polar surface area (TPSA) is 92.1 Å². The summed E-state index contributed by atoms with van der Waals surface area (Å²) in [5, 5.41) is 12.8. The molecule has 0 aliphatic heterocycles. The molecule has 1 amide bonds. The standard InChI is InChI=1S/C22H27N3O3/c1-7-17-14(4)19(16-10-8-9-11-18(16)24-17)21(27)28-15(5)20(26)25-22(6,12-23)13(2)3/h8-11,13,15H,7H2,1-6H3,(H,25,26)/t15-,22+/m0/s1. The molecule has 6 nitrogen and oxygen atoms in total. The smallest absolute Gasteiger partial charge is 0.339 e. The van der Waals surface area contributed by atoms with Crippen LogP contribution >= 0.6 is 0 Å². The number of para-hydroxylation sites is 1. The van der Waals surface area contributed by atoms with Crippen LogP contribution in [0.25, 0.3) is 10.9 Å². The number of carbonyl (C=O) groups excluding carboxylic acids is 2. The molecule has 1 N–H and O–H groups in total. The van der Waals surface area contributed by atoms with Crippen LogP contribution in [-0.4, -0.2) is 28.5 Å². The third kappa shape index (κ3) is 4.14. The number of esters is 1. The van der Waals surface area contributed by atoms with Crippen LogP contribution in [0.1, 0.15) is 56.2 Å². The number of aromatic nitrogens is 1. The maximum absolute atomic E-state index is 12.9. The quantitative estimate of drug-likeness (QED) is 0.770. The number of hydrogen-bond donors (Lipinski definition) is 1. The summed E-state index contributed by atoms with van der Waals surface area (Å²) in [6, 6.07) is 9.49. The van der Waals surface area contributed by atoms with Crippen LogP contribution in [0, 0.1) is 24.2 Å². The van der Waals surface area contributed by atoms with Gasteiger partial charge in [-0.3, -0.25) is 9.78 Å². The van der Waals surface area contributed by atoms with Gasteiger partial charge >= 0.3 is 5.97 Å². The minimum atomic E-state index is -1.04. The van der Waals surface area contributed by atoms with E-state index < -0.39 is 23.5 Å². The third-order valence-electron chi connectivity index (χ3n) is 5.20. The van der Waals surface area contributed by atoms with Gasteiger partial charge in [0.1, 0.15) is 5.54 Å². The van der Waals surface area contributed by atoms with E-state index in [0.29, 0.717) is 22.9 Å². The summed E-state index contributed by atoms with van der Waals surface area (Å²) < 4.78 is 5.47. The first-order chi connectivity index (χ1) is 13.1. The van der Waals surface area contributed by atoms with Gasteiger partial charge in [-0.25, -0.2) is 4.79 Å². The molecule has 2 rings (SSSR count). The van der Waals surface area contributed by atoms with Crippen LogP contribution in [0.5, 0.6) is 0 Å². The zero-order valence-corrected chi connectivity index (χ0v) is 17.3. The Balaban J connectivity index is 2.31. The maximum Gasteiger partial charge on any atom is 0.339 e. The van der Waals surface area contributed by atoms with Crippen molar-refractivity contribution in [1.29, 1.82) is 5.26 Å². The van der Waals surface area contributed by atoms with Gasteiger partial charge in [-0.05, 0) is 44.7 Å². The van der Waals surface area contributed by atoms with E-state index in [1.807, 2.05) is 52.0 Å². The first-order valence-corrected chi connectivity index (χ1v) is 9.47. The van der Waals surface area contributed by atoms with Crippen LogP contribution in [0.2, 0.25) is 0 Å². The van der Waals surface area contributed by atoms with Crippen LogP contribution in [-0.2, 0) is 16.0 Å². The minimum absolute atomic E-state index is 0.0946. The van der Waals surface area contributed by atoms with Crippen LogP contribution in [0.15, 0.2) is 24.3 Å². The number of pyridine rings is 1. The minimum Gasteiger partial charge on any atom is -0.449 e. The lowest BCUT2D eigenvalue weighted by molar-refractivity contribution is -0.130. The Hall–Kier alpha value is -2.94. The van der Waals surface area contributed by atoms with Gasteiger partial charge in [-0.15, -0.1) is 0 Å². The lowest BCUT2D eigenvalue weighted by Gasteiger charge is -2.28. The molecular formula is C22H27N3O3. The number of nitrogens with zero attached hydrogens (tertiary/aromatic N) is 2. The van der Waals surface area contributed by atoms with Crippen LogP contribution < -0.4 is 5.32 Å². The third-order valence-corrected chi connectivity index (χ3v) is 5.20. The van der Waals surface area contributed by atoms with E-state index in [4.69, 9.17) is 4.74 Å². The monoisotopic (exact) mass is 381 g/mol. The van der Waals surface area contributed by atoms with Crippen LogP contribution in [0.3, 0.4) is 0 Å². The van der Waals surface area contributed by atoms with Crippen molar-refractivity contribution in [1.82, 2.24) is 10.3 Å². The zero-order chi connectivity index (χ0) is 21.1. The van der Waals surface area contributed by atoms with Crippen molar-refractivity contribution in [2.45, 2.75) is 59.6 Å². The molecule has 0 fully saturated rings. The molecule has 0 spiro atoms.